The van der Waals surface area contributed by atoms with Gasteiger partial charge in [0.25, 0.3) is 0 Å². The van der Waals surface area contributed by atoms with E-state index in [-0.39, 0.29) is 34.6 Å². The van der Waals surface area contributed by atoms with Crippen LogP contribution in [0.25, 0.3) is 11.1 Å². The lowest BCUT2D eigenvalue weighted by atomic mass is 9.87. The Morgan fingerprint density at radius 3 is 2.30 bits per heavy atom. The second-order valence-corrected chi connectivity index (χ2v) is 10.6. The van der Waals surface area contributed by atoms with Crippen molar-refractivity contribution in [2.75, 3.05) is 23.7 Å². The smallest absolute Gasteiger partial charge is 0.320 e. The normalized spacial score (nSPS) is 15.0. The molecule has 3 aromatic carbocycles. The molecule has 0 aliphatic carbocycles. The highest BCUT2D eigenvalue weighted by atomic mass is 35.5. The van der Waals surface area contributed by atoms with Crippen molar-refractivity contribution in [3.63, 3.8) is 0 Å². The Bertz CT molecular complexity index is 1430. The van der Waals surface area contributed by atoms with E-state index < -0.39 is 33.3 Å². The summed E-state index contributed by atoms with van der Waals surface area (Å²) in [5, 5.41) is 17.0. The lowest BCUT2D eigenvalue weighted by molar-refractivity contribution is -0.123. The number of anilines is 2. The highest BCUT2D eigenvalue weighted by Gasteiger charge is 2.41. The van der Waals surface area contributed by atoms with Crippen LogP contribution in [0.5, 0.6) is 0 Å². The predicted octanol–water partition coefficient (Wildman–Crippen LogP) is 3.68. The Morgan fingerprint density at radius 1 is 0.973 bits per heavy atom. The summed E-state index contributed by atoms with van der Waals surface area (Å²) < 4.78 is 38.9. The topological polar surface area (TPSA) is 142 Å². The zero-order valence-corrected chi connectivity index (χ0v) is 21.1. The van der Waals surface area contributed by atoms with Crippen molar-refractivity contribution in [1.29, 1.82) is 0 Å². The number of amides is 3. The Morgan fingerprint density at radius 2 is 1.65 bits per heavy atom. The van der Waals surface area contributed by atoms with E-state index in [1.165, 1.54) is 30.3 Å². The Kier molecular flexibility index (Phi) is 7.79. The summed E-state index contributed by atoms with van der Waals surface area (Å²) >= 11 is 5.88. The summed E-state index contributed by atoms with van der Waals surface area (Å²) in [6.45, 7) is 0.945. The number of sulfonamides is 1. The minimum Gasteiger partial charge on any atom is -0.323 e. The molecule has 0 saturated carbocycles. The van der Waals surface area contributed by atoms with Crippen LogP contribution in [0.2, 0.25) is 5.02 Å². The number of carbonyl (C=O) groups excluding carboxylic acids is 2. The Balaban J connectivity index is 1.54. The molecule has 37 heavy (non-hydrogen) atoms. The van der Waals surface area contributed by atoms with Crippen LogP contribution >= 0.6 is 11.6 Å². The van der Waals surface area contributed by atoms with Gasteiger partial charge in [-0.2, -0.15) is 0 Å². The van der Waals surface area contributed by atoms with Crippen molar-refractivity contribution in [1.82, 2.24) is 10.6 Å². The van der Waals surface area contributed by atoms with E-state index in [0.29, 0.717) is 23.8 Å². The molecule has 1 aliphatic heterocycles. The molecule has 3 amide bonds. The molecule has 6 N–H and O–H groups in total. The van der Waals surface area contributed by atoms with Gasteiger partial charge in [-0.3, -0.25) is 4.79 Å². The monoisotopic (exact) mass is 545 g/mol. The summed E-state index contributed by atoms with van der Waals surface area (Å²) in [5.74, 6) is -1.35. The van der Waals surface area contributed by atoms with Crippen molar-refractivity contribution in [2.24, 2.45) is 5.14 Å². The number of hydrogen-bond donors (Lipinski definition) is 5. The van der Waals surface area contributed by atoms with Crippen molar-refractivity contribution in [2.45, 2.75) is 23.3 Å². The maximum Gasteiger partial charge on any atom is 0.320 e. The first-order chi connectivity index (χ1) is 17.6. The van der Waals surface area contributed by atoms with Crippen molar-refractivity contribution < 1.29 is 22.4 Å². The molecule has 0 radical (unpaired) electrons. The summed E-state index contributed by atoms with van der Waals surface area (Å²) in [6.07, 6.45) is 0.572. The number of benzene rings is 3. The number of nitrogens with one attached hydrogen (secondary N) is 4. The average Bonchev–Trinajstić information content (AvgIpc) is 2.86. The van der Waals surface area contributed by atoms with Crippen LogP contribution in [0.15, 0.2) is 71.6 Å². The fourth-order valence-electron chi connectivity index (χ4n) is 4.15. The van der Waals surface area contributed by atoms with Gasteiger partial charge in [-0.15, -0.1) is 0 Å². The molecule has 12 heteroatoms. The predicted molar refractivity (Wildman–Crippen MR) is 140 cm³/mol. The van der Waals surface area contributed by atoms with Gasteiger partial charge in [0.2, 0.25) is 15.9 Å². The van der Waals surface area contributed by atoms with Gasteiger partial charge < -0.3 is 21.3 Å². The second-order valence-electron chi connectivity index (χ2n) is 8.61. The lowest BCUT2D eigenvalue weighted by Crippen LogP contribution is -2.62. The minimum atomic E-state index is -4.03. The number of halogens is 2. The zero-order chi connectivity index (χ0) is 26.6. The standard InChI is InChI=1S/C25H25ClFN5O4S/c26-17-6-8-18(9-7-17)30-24(34)32-25(11-13-29-14-12-25)23(33)31-21-10-5-16(15-20(21)27)19-3-1-2-4-22(19)37(28,35)36/h1-10,15,29H,11-14H2,(H,31,33)(H2,28,35,36)(H2,30,32,34). The van der Waals surface area contributed by atoms with Crippen molar-refractivity contribution in [3.05, 3.63) is 77.6 Å². The number of primary sulfonamides is 1. The number of piperidine rings is 1. The fraction of sp³-hybridized carbons (Fsp3) is 0.200. The van der Waals surface area contributed by atoms with Gasteiger partial charge in [0.15, 0.2) is 0 Å². The largest absolute Gasteiger partial charge is 0.323 e. The molecular weight excluding hydrogens is 521 g/mol. The molecule has 0 unspecified atom stereocenters. The summed E-state index contributed by atoms with van der Waals surface area (Å²) in [5.41, 5.74) is -0.394. The second kappa shape index (κ2) is 10.9. The fourth-order valence-corrected chi connectivity index (χ4v) is 5.04. The summed E-state index contributed by atoms with van der Waals surface area (Å²) in [4.78, 5) is 25.9. The Hall–Kier alpha value is -3.51. The van der Waals surface area contributed by atoms with E-state index >= 15 is 4.39 Å². The first-order valence-electron chi connectivity index (χ1n) is 11.4. The van der Waals surface area contributed by atoms with Gasteiger partial charge >= 0.3 is 6.03 Å². The van der Waals surface area contributed by atoms with Gasteiger partial charge in [-0.05, 0) is 74.0 Å². The molecule has 0 spiro atoms. The van der Waals surface area contributed by atoms with Crippen LogP contribution in [-0.4, -0.2) is 39.0 Å². The molecule has 9 nitrogen and oxygen atoms in total. The molecule has 3 aromatic rings. The van der Waals surface area contributed by atoms with E-state index in [2.05, 4.69) is 21.3 Å². The quantitative estimate of drug-likeness (QED) is 0.321. The molecule has 194 valence electrons. The SMILES string of the molecule is NS(=O)(=O)c1ccccc1-c1ccc(NC(=O)C2(NC(=O)Nc3ccc(Cl)cc3)CCNCC2)c(F)c1. The van der Waals surface area contributed by atoms with Crippen molar-refractivity contribution in [3.8, 4) is 11.1 Å². The lowest BCUT2D eigenvalue weighted by Gasteiger charge is -2.36. The molecule has 0 atom stereocenters. The van der Waals surface area contributed by atoms with E-state index in [1.54, 1.807) is 30.3 Å². The van der Waals surface area contributed by atoms with Crippen LogP contribution < -0.4 is 26.4 Å². The molecule has 1 saturated heterocycles. The van der Waals surface area contributed by atoms with Gasteiger partial charge in [0, 0.05) is 16.3 Å². The van der Waals surface area contributed by atoms with Crippen LogP contribution in [0.3, 0.4) is 0 Å². The van der Waals surface area contributed by atoms with E-state index in [4.69, 9.17) is 16.7 Å². The van der Waals surface area contributed by atoms with Gasteiger partial charge in [-0.1, -0.05) is 35.9 Å². The summed E-state index contributed by atoms with van der Waals surface area (Å²) in [6, 6.07) is 15.8. The number of hydrogen-bond acceptors (Lipinski definition) is 5. The number of carbonyl (C=O) groups is 2. The average molecular weight is 546 g/mol. The minimum absolute atomic E-state index is 0.111. The number of nitrogens with two attached hydrogens (primary N) is 1. The molecule has 0 bridgehead atoms. The molecule has 0 aromatic heterocycles. The molecule has 1 fully saturated rings. The van der Waals surface area contributed by atoms with E-state index in [1.807, 2.05) is 0 Å². The molecule has 1 aliphatic rings. The van der Waals surface area contributed by atoms with E-state index in [0.717, 1.165) is 6.07 Å². The maximum atomic E-state index is 15.1. The van der Waals surface area contributed by atoms with Crippen LogP contribution in [-0.2, 0) is 14.8 Å². The van der Waals surface area contributed by atoms with Crippen LogP contribution in [0.1, 0.15) is 12.8 Å². The molecule has 1 heterocycles. The Labute approximate surface area is 218 Å². The first-order valence-corrected chi connectivity index (χ1v) is 13.3. The molecular formula is C25H25ClFN5O4S. The number of rotatable bonds is 6. The first kappa shape index (κ1) is 26.6. The van der Waals surface area contributed by atoms with Gasteiger partial charge in [0.1, 0.15) is 11.4 Å². The third kappa shape index (κ3) is 6.25. The maximum absolute atomic E-state index is 15.1. The number of urea groups is 1. The van der Waals surface area contributed by atoms with Crippen molar-refractivity contribution >= 4 is 44.9 Å². The zero-order valence-electron chi connectivity index (χ0n) is 19.6. The molecule has 4 rings (SSSR count). The highest BCUT2D eigenvalue weighted by molar-refractivity contribution is 7.89. The highest BCUT2D eigenvalue weighted by Crippen LogP contribution is 2.30. The third-order valence-electron chi connectivity index (χ3n) is 6.07. The van der Waals surface area contributed by atoms with Gasteiger partial charge in [0.05, 0.1) is 10.6 Å². The summed E-state index contributed by atoms with van der Waals surface area (Å²) in [7, 11) is -4.03. The third-order valence-corrected chi connectivity index (χ3v) is 7.29. The van der Waals surface area contributed by atoms with Gasteiger partial charge in [-0.25, -0.2) is 22.7 Å². The van der Waals surface area contributed by atoms with E-state index in [9.17, 15) is 18.0 Å². The van der Waals surface area contributed by atoms with Crippen LogP contribution in [0.4, 0.5) is 20.6 Å². The van der Waals surface area contributed by atoms with Crippen LogP contribution in [0, 0.1) is 5.82 Å².